The monoisotopic (exact) mass is 288 g/mol. The number of rotatable bonds is 4. The summed E-state index contributed by atoms with van der Waals surface area (Å²) in [7, 11) is 1.38. The van der Waals surface area contributed by atoms with Gasteiger partial charge in [0.1, 0.15) is 12.4 Å². The van der Waals surface area contributed by atoms with Gasteiger partial charge in [-0.3, -0.25) is 9.59 Å². The van der Waals surface area contributed by atoms with E-state index < -0.39 is 5.41 Å². The first-order valence-corrected chi connectivity index (χ1v) is 6.95. The van der Waals surface area contributed by atoms with Crippen LogP contribution in [0.2, 0.25) is 0 Å². The van der Waals surface area contributed by atoms with E-state index in [0.29, 0.717) is 12.0 Å². The molecule has 0 saturated carbocycles. The molecule has 1 aliphatic heterocycles. The molecule has 0 aliphatic carbocycles. The van der Waals surface area contributed by atoms with Gasteiger partial charge in [-0.1, -0.05) is 36.4 Å². The Kier molecular flexibility index (Phi) is 4.58. The van der Waals surface area contributed by atoms with E-state index in [0.717, 1.165) is 11.8 Å². The highest BCUT2D eigenvalue weighted by Crippen LogP contribution is 2.36. The Hall–Kier alpha value is -1.94. The zero-order valence-corrected chi connectivity index (χ0v) is 12.5. The molecule has 2 atom stereocenters. The highest BCUT2D eigenvalue weighted by molar-refractivity contribution is 5.78. The van der Waals surface area contributed by atoms with Crippen LogP contribution in [0.1, 0.15) is 42.3 Å². The van der Waals surface area contributed by atoms with Crippen LogP contribution in [0.4, 0.5) is 0 Å². The second-order valence-electron chi connectivity index (χ2n) is 5.67. The van der Waals surface area contributed by atoms with Gasteiger partial charge in [-0.2, -0.15) is 0 Å². The van der Waals surface area contributed by atoms with Crippen LogP contribution in [-0.4, -0.2) is 25.5 Å². The van der Waals surface area contributed by atoms with Gasteiger partial charge in [-0.15, -0.1) is 0 Å². The van der Waals surface area contributed by atoms with Crippen molar-refractivity contribution < 1.29 is 19.1 Å². The maximum Gasteiger partial charge on any atom is 0.313 e. The zero-order valence-electron chi connectivity index (χ0n) is 12.5. The van der Waals surface area contributed by atoms with Crippen molar-refractivity contribution in [2.45, 2.75) is 32.5 Å². The van der Waals surface area contributed by atoms with E-state index in [1.165, 1.54) is 7.11 Å². The Morgan fingerprint density at radius 2 is 2.10 bits per heavy atom. The summed E-state index contributed by atoms with van der Waals surface area (Å²) >= 11 is 0. The lowest BCUT2D eigenvalue weighted by Gasteiger charge is -2.36. The second kappa shape index (κ2) is 6.22. The lowest BCUT2D eigenvalue weighted by molar-refractivity contribution is -0.163. The molecule has 1 aliphatic rings. The van der Waals surface area contributed by atoms with Crippen LogP contribution in [0, 0.1) is 5.41 Å². The molecule has 0 amide bonds. The van der Waals surface area contributed by atoms with Crippen molar-refractivity contribution in [3.63, 3.8) is 0 Å². The number of carbonyl (C=O) groups excluding carboxylic acids is 2. The smallest absolute Gasteiger partial charge is 0.313 e. The molecule has 4 nitrogen and oxygen atoms in total. The van der Waals surface area contributed by atoms with E-state index in [1.54, 1.807) is 6.07 Å². The lowest BCUT2D eigenvalue weighted by Crippen LogP contribution is -2.41. The van der Waals surface area contributed by atoms with E-state index in [9.17, 15) is 9.59 Å². The highest BCUT2D eigenvalue weighted by Gasteiger charge is 2.40. The van der Waals surface area contributed by atoms with E-state index in [2.05, 4.69) is 0 Å². The van der Waals surface area contributed by atoms with Gasteiger partial charge >= 0.3 is 5.97 Å². The second-order valence-corrected chi connectivity index (χ2v) is 5.67. The third-order valence-electron chi connectivity index (χ3n) is 3.92. The molecule has 1 aromatic rings. The van der Waals surface area contributed by atoms with Crippen molar-refractivity contribution in [2.24, 2.45) is 5.41 Å². The third kappa shape index (κ3) is 3.05. The number of hydrogen-bond acceptors (Lipinski definition) is 4. The number of carbonyl (C=O) groups is 2. The molecule has 112 valence electrons. The van der Waals surface area contributed by atoms with Gasteiger partial charge < -0.3 is 9.47 Å². The van der Waals surface area contributed by atoms with Crippen LogP contribution in [0.15, 0.2) is 36.4 Å². The third-order valence-corrected chi connectivity index (χ3v) is 3.92. The first-order chi connectivity index (χ1) is 10.0. The molecule has 1 aromatic carbocycles. The van der Waals surface area contributed by atoms with Crippen LogP contribution < -0.4 is 0 Å². The maximum absolute atomic E-state index is 11.9. The van der Waals surface area contributed by atoms with Crippen LogP contribution in [-0.2, 0) is 14.3 Å². The number of ether oxygens (including phenoxy) is 2. The molecule has 21 heavy (non-hydrogen) atoms. The van der Waals surface area contributed by atoms with Gasteiger partial charge in [0.15, 0.2) is 0 Å². The van der Waals surface area contributed by atoms with Gasteiger partial charge in [0, 0.05) is 5.56 Å². The predicted molar refractivity (Wildman–Crippen MR) is 79.0 cm³/mol. The van der Waals surface area contributed by atoms with Crippen molar-refractivity contribution in [3.8, 4) is 0 Å². The van der Waals surface area contributed by atoms with Gasteiger partial charge in [-0.05, 0) is 25.8 Å². The van der Waals surface area contributed by atoms with E-state index in [1.807, 2.05) is 44.2 Å². The fourth-order valence-electron chi connectivity index (χ4n) is 2.52. The van der Waals surface area contributed by atoms with Crippen molar-refractivity contribution in [1.29, 1.82) is 0 Å². The molecule has 0 unspecified atom stereocenters. The Morgan fingerprint density at radius 3 is 2.76 bits per heavy atom. The summed E-state index contributed by atoms with van der Waals surface area (Å²) in [5, 5.41) is 0. The molecule has 0 fully saturated rings. The van der Waals surface area contributed by atoms with Gasteiger partial charge in [0.2, 0.25) is 0 Å². The van der Waals surface area contributed by atoms with Crippen molar-refractivity contribution in [3.05, 3.63) is 47.5 Å². The van der Waals surface area contributed by atoms with Gasteiger partial charge in [0.05, 0.1) is 18.6 Å². The summed E-state index contributed by atoms with van der Waals surface area (Å²) in [5.41, 5.74) is 0.672. The average Bonchev–Trinajstić information content (AvgIpc) is 2.54. The fourth-order valence-corrected chi connectivity index (χ4v) is 2.52. The van der Waals surface area contributed by atoms with E-state index in [4.69, 9.17) is 9.47 Å². The molecule has 0 bridgehead atoms. The SMILES string of the molecule is COC(=O)C(C)(C)[C@H]1CC=C[C@@H](c2ccccc2C=O)O1. The molecule has 4 heteroatoms. The normalized spacial score (nSPS) is 21.9. The predicted octanol–water partition coefficient (Wildman–Crippen LogP) is 3.08. The number of aldehydes is 1. The molecule has 1 heterocycles. The van der Waals surface area contributed by atoms with Gasteiger partial charge in [0.25, 0.3) is 0 Å². The molecule has 2 rings (SSSR count). The first kappa shape index (κ1) is 15.4. The molecule has 0 spiro atoms. The zero-order chi connectivity index (χ0) is 15.5. The summed E-state index contributed by atoms with van der Waals surface area (Å²) in [6.45, 7) is 3.62. The molecular formula is C17H20O4. The maximum atomic E-state index is 11.9. The van der Waals surface area contributed by atoms with Crippen molar-refractivity contribution in [2.75, 3.05) is 7.11 Å². The topological polar surface area (TPSA) is 52.6 Å². The molecule has 0 aromatic heterocycles. The fraction of sp³-hybridized carbons (Fsp3) is 0.412. The van der Waals surface area contributed by atoms with Crippen molar-refractivity contribution >= 4 is 12.3 Å². The minimum atomic E-state index is -0.742. The summed E-state index contributed by atoms with van der Waals surface area (Å²) in [6, 6.07) is 7.31. The van der Waals surface area contributed by atoms with Crippen LogP contribution in [0.25, 0.3) is 0 Å². The molecule has 0 radical (unpaired) electrons. The minimum absolute atomic E-state index is 0.292. The average molecular weight is 288 g/mol. The number of methoxy groups -OCH3 is 1. The van der Waals surface area contributed by atoms with E-state index in [-0.39, 0.29) is 18.2 Å². The lowest BCUT2D eigenvalue weighted by atomic mass is 9.83. The molecular weight excluding hydrogens is 268 g/mol. The van der Waals surface area contributed by atoms with Crippen LogP contribution in [0.3, 0.4) is 0 Å². The summed E-state index contributed by atoms with van der Waals surface area (Å²) in [5.74, 6) is -0.301. The standard InChI is InChI=1S/C17H20O4/c1-17(2,16(19)20-3)15-10-6-9-14(21-15)13-8-5-4-7-12(13)11-18/h4-9,11,14-15H,10H2,1-3H3/t14-,15+/m0/s1. The Morgan fingerprint density at radius 1 is 1.38 bits per heavy atom. The highest BCUT2D eigenvalue weighted by atomic mass is 16.5. The van der Waals surface area contributed by atoms with E-state index >= 15 is 0 Å². The van der Waals surface area contributed by atoms with Crippen LogP contribution >= 0.6 is 0 Å². The molecule has 0 saturated heterocycles. The number of hydrogen-bond donors (Lipinski definition) is 0. The Bertz CT molecular complexity index is 560. The summed E-state index contributed by atoms with van der Waals surface area (Å²) in [4.78, 5) is 23.1. The summed E-state index contributed by atoms with van der Waals surface area (Å²) < 4.78 is 10.9. The van der Waals surface area contributed by atoms with Crippen molar-refractivity contribution in [1.82, 2.24) is 0 Å². The first-order valence-electron chi connectivity index (χ1n) is 6.95. The molecule has 0 N–H and O–H groups in total. The van der Waals surface area contributed by atoms with Crippen LogP contribution in [0.5, 0.6) is 0 Å². The number of esters is 1. The minimum Gasteiger partial charge on any atom is -0.469 e. The summed E-state index contributed by atoms with van der Waals surface area (Å²) in [6.07, 6.45) is 4.76. The van der Waals surface area contributed by atoms with Gasteiger partial charge in [-0.25, -0.2) is 0 Å². The number of benzene rings is 1. The largest absolute Gasteiger partial charge is 0.469 e. The Balaban J connectivity index is 2.26. The quantitative estimate of drug-likeness (QED) is 0.485. The Labute approximate surface area is 124 Å².